The molecule has 3 heteroatoms. The first-order chi connectivity index (χ1) is 7.27. The van der Waals surface area contributed by atoms with E-state index in [2.05, 4.69) is 0 Å². The maximum atomic E-state index is 11.3. The molecule has 0 unspecified atom stereocenters. The van der Waals surface area contributed by atoms with Crippen molar-refractivity contribution in [2.45, 2.75) is 32.7 Å². The maximum Gasteiger partial charge on any atom is 0.324 e. The lowest BCUT2D eigenvalue weighted by Crippen LogP contribution is -2.59. The average Bonchev–Trinajstić information content (AvgIpc) is 2.17. The molecular weight excluding hydrogens is 202 g/mol. The fourth-order valence-corrected chi connectivity index (χ4v) is 1.58. The highest BCUT2D eigenvalue weighted by Crippen LogP contribution is 2.31. The normalized spacial score (nSPS) is 15.5. The molecule has 0 saturated heterocycles. The molecule has 0 aromatic heterocycles. The van der Waals surface area contributed by atoms with Crippen LogP contribution in [0.4, 0.5) is 0 Å². The Balaban J connectivity index is 3.03. The number of carboxylic acid groups (broad SMARTS) is 1. The molecule has 0 fully saturated rings. The summed E-state index contributed by atoms with van der Waals surface area (Å²) in [5.74, 6) is -0.955. The molecule has 3 N–H and O–H groups in total. The summed E-state index contributed by atoms with van der Waals surface area (Å²) in [4.78, 5) is 11.3. The van der Waals surface area contributed by atoms with E-state index in [9.17, 15) is 9.90 Å². The third-order valence-corrected chi connectivity index (χ3v) is 3.05. The van der Waals surface area contributed by atoms with Crippen molar-refractivity contribution in [3.63, 3.8) is 0 Å². The Bertz CT molecular complexity index is 367. The van der Waals surface area contributed by atoms with Crippen LogP contribution in [-0.4, -0.2) is 16.6 Å². The van der Waals surface area contributed by atoms with Gasteiger partial charge in [0.15, 0.2) is 0 Å². The number of carboxylic acids is 1. The molecule has 0 aliphatic heterocycles. The van der Waals surface area contributed by atoms with E-state index in [4.69, 9.17) is 5.73 Å². The van der Waals surface area contributed by atoms with E-state index in [1.165, 1.54) is 0 Å². The minimum Gasteiger partial charge on any atom is -0.480 e. The third kappa shape index (κ3) is 2.42. The first kappa shape index (κ1) is 12.7. The predicted molar refractivity (Wildman–Crippen MR) is 64.2 cm³/mol. The van der Waals surface area contributed by atoms with Crippen molar-refractivity contribution in [3.8, 4) is 0 Å². The zero-order chi connectivity index (χ0) is 12.4. The Morgan fingerprint density at radius 1 is 1.25 bits per heavy atom. The second-order valence-electron chi connectivity index (χ2n) is 5.19. The molecule has 0 spiro atoms. The van der Waals surface area contributed by atoms with Gasteiger partial charge in [0, 0.05) is 6.42 Å². The molecule has 88 valence electrons. The summed E-state index contributed by atoms with van der Waals surface area (Å²) in [6.45, 7) is 5.55. The number of aliphatic carboxylic acids is 1. The minimum atomic E-state index is -1.24. The van der Waals surface area contributed by atoms with E-state index in [1.54, 1.807) is 0 Å². The summed E-state index contributed by atoms with van der Waals surface area (Å²) in [7, 11) is 0. The number of hydrogen-bond donors (Lipinski definition) is 2. The molecule has 0 heterocycles. The quantitative estimate of drug-likeness (QED) is 0.821. The van der Waals surface area contributed by atoms with Gasteiger partial charge in [-0.05, 0) is 11.0 Å². The highest BCUT2D eigenvalue weighted by Gasteiger charge is 2.45. The van der Waals surface area contributed by atoms with E-state index in [0.29, 0.717) is 6.42 Å². The highest BCUT2D eigenvalue weighted by atomic mass is 16.4. The predicted octanol–water partition coefficient (Wildman–Crippen LogP) is 2.06. The molecule has 1 rings (SSSR count). The second kappa shape index (κ2) is 4.26. The van der Waals surface area contributed by atoms with Gasteiger partial charge in [0.2, 0.25) is 0 Å². The Kier molecular flexibility index (Phi) is 3.38. The number of carbonyl (C=O) groups is 1. The van der Waals surface area contributed by atoms with Gasteiger partial charge in [0.1, 0.15) is 5.54 Å². The molecule has 16 heavy (non-hydrogen) atoms. The van der Waals surface area contributed by atoms with Crippen molar-refractivity contribution >= 4 is 5.97 Å². The Morgan fingerprint density at radius 3 is 2.12 bits per heavy atom. The first-order valence-electron chi connectivity index (χ1n) is 5.33. The molecule has 0 bridgehead atoms. The van der Waals surface area contributed by atoms with Gasteiger partial charge in [0.05, 0.1) is 0 Å². The fourth-order valence-electron chi connectivity index (χ4n) is 1.58. The van der Waals surface area contributed by atoms with Crippen molar-refractivity contribution in [2.24, 2.45) is 11.1 Å². The Labute approximate surface area is 96.3 Å². The molecule has 1 aromatic carbocycles. The molecule has 1 atom stereocenters. The van der Waals surface area contributed by atoms with Crippen LogP contribution in [0.25, 0.3) is 0 Å². The molecule has 1 aromatic rings. The SMILES string of the molecule is CC(C)(C)[C@@](N)(Cc1ccccc1)C(=O)O. The number of hydrogen-bond acceptors (Lipinski definition) is 2. The Hall–Kier alpha value is -1.35. The van der Waals surface area contributed by atoms with Gasteiger partial charge < -0.3 is 10.8 Å². The molecule has 0 aliphatic carbocycles. The van der Waals surface area contributed by atoms with Crippen LogP contribution in [0.2, 0.25) is 0 Å². The van der Waals surface area contributed by atoms with Gasteiger partial charge in [-0.25, -0.2) is 0 Å². The average molecular weight is 221 g/mol. The summed E-state index contributed by atoms with van der Waals surface area (Å²) < 4.78 is 0. The summed E-state index contributed by atoms with van der Waals surface area (Å²) in [5, 5.41) is 9.30. The van der Waals surface area contributed by atoms with Gasteiger partial charge in [0.25, 0.3) is 0 Å². The lowest BCUT2D eigenvalue weighted by Gasteiger charge is -2.37. The maximum absolute atomic E-state index is 11.3. The topological polar surface area (TPSA) is 63.3 Å². The standard InChI is InChI=1S/C13H19NO2/c1-12(2,3)13(14,11(15)16)9-10-7-5-4-6-8-10/h4-8H,9,14H2,1-3H3,(H,15,16)/t13-/m1/s1. The van der Waals surface area contributed by atoms with Gasteiger partial charge in [-0.15, -0.1) is 0 Å². The van der Waals surface area contributed by atoms with Crippen molar-refractivity contribution in [2.75, 3.05) is 0 Å². The van der Waals surface area contributed by atoms with Crippen LogP contribution in [0, 0.1) is 5.41 Å². The van der Waals surface area contributed by atoms with Crippen molar-refractivity contribution in [3.05, 3.63) is 35.9 Å². The van der Waals surface area contributed by atoms with Crippen molar-refractivity contribution in [1.29, 1.82) is 0 Å². The van der Waals surface area contributed by atoms with Crippen LogP contribution in [0.15, 0.2) is 30.3 Å². The number of benzene rings is 1. The first-order valence-corrected chi connectivity index (χ1v) is 5.33. The van der Waals surface area contributed by atoms with Crippen LogP contribution < -0.4 is 5.73 Å². The summed E-state index contributed by atoms with van der Waals surface area (Å²) in [6.07, 6.45) is 0.340. The second-order valence-corrected chi connectivity index (χ2v) is 5.19. The van der Waals surface area contributed by atoms with Gasteiger partial charge >= 0.3 is 5.97 Å². The van der Waals surface area contributed by atoms with Crippen LogP contribution in [-0.2, 0) is 11.2 Å². The summed E-state index contributed by atoms with van der Waals surface area (Å²) in [6, 6.07) is 9.48. The van der Waals surface area contributed by atoms with Gasteiger partial charge in [-0.3, -0.25) is 4.79 Å². The molecule has 0 aliphatic rings. The molecular formula is C13H19NO2. The zero-order valence-corrected chi connectivity index (χ0v) is 10.0. The smallest absolute Gasteiger partial charge is 0.324 e. The van der Waals surface area contributed by atoms with Crippen molar-refractivity contribution in [1.82, 2.24) is 0 Å². The van der Waals surface area contributed by atoms with Crippen molar-refractivity contribution < 1.29 is 9.90 Å². The zero-order valence-electron chi connectivity index (χ0n) is 10.0. The summed E-state index contributed by atoms with van der Waals surface area (Å²) in [5.41, 5.74) is 5.26. The largest absolute Gasteiger partial charge is 0.480 e. The van der Waals surface area contributed by atoms with Crippen LogP contribution in [0.1, 0.15) is 26.3 Å². The van der Waals surface area contributed by atoms with E-state index in [0.717, 1.165) is 5.56 Å². The lowest BCUT2D eigenvalue weighted by atomic mass is 9.71. The molecule has 3 nitrogen and oxygen atoms in total. The summed E-state index contributed by atoms with van der Waals surface area (Å²) >= 11 is 0. The third-order valence-electron chi connectivity index (χ3n) is 3.05. The van der Waals surface area contributed by atoms with E-state index in [-0.39, 0.29) is 0 Å². The lowest BCUT2D eigenvalue weighted by molar-refractivity contribution is -0.147. The van der Waals surface area contributed by atoms with E-state index < -0.39 is 16.9 Å². The molecule has 0 saturated carbocycles. The number of rotatable bonds is 3. The van der Waals surface area contributed by atoms with Crippen LogP contribution in [0.3, 0.4) is 0 Å². The Morgan fingerprint density at radius 2 is 1.75 bits per heavy atom. The minimum absolute atomic E-state index is 0.340. The van der Waals surface area contributed by atoms with Crippen LogP contribution in [0.5, 0.6) is 0 Å². The molecule has 0 amide bonds. The van der Waals surface area contributed by atoms with E-state index in [1.807, 2.05) is 51.1 Å². The molecule has 0 radical (unpaired) electrons. The fraction of sp³-hybridized carbons (Fsp3) is 0.462. The highest BCUT2D eigenvalue weighted by molar-refractivity contribution is 5.80. The van der Waals surface area contributed by atoms with E-state index >= 15 is 0 Å². The number of nitrogens with two attached hydrogens (primary N) is 1. The monoisotopic (exact) mass is 221 g/mol. The van der Waals surface area contributed by atoms with Crippen LogP contribution >= 0.6 is 0 Å². The van der Waals surface area contributed by atoms with Gasteiger partial charge in [-0.1, -0.05) is 51.1 Å². The van der Waals surface area contributed by atoms with Gasteiger partial charge in [-0.2, -0.15) is 0 Å².